The summed E-state index contributed by atoms with van der Waals surface area (Å²) >= 11 is 0. The molecular weight excluding hydrogens is 212 g/mol. The number of rotatable bonds is 2. The molecule has 3 heteroatoms. The largest absolute Gasteiger partial charge is 0.335 e. The van der Waals surface area contributed by atoms with Crippen LogP contribution in [0, 0.1) is 13.8 Å². The summed E-state index contributed by atoms with van der Waals surface area (Å²) in [5.74, 6) is 0.0633. The van der Waals surface area contributed by atoms with E-state index in [0.717, 1.165) is 19.4 Å². The molecule has 92 valence electrons. The molecule has 2 N–H and O–H groups in total. The number of nitrogens with two attached hydrogens (primary N) is 1. The molecule has 1 aliphatic rings. The molecule has 1 amide bonds. The van der Waals surface area contributed by atoms with Gasteiger partial charge in [0.2, 0.25) is 5.91 Å². The van der Waals surface area contributed by atoms with Gasteiger partial charge in [-0.3, -0.25) is 4.79 Å². The van der Waals surface area contributed by atoms with E-state index in [1.807, 2.05) is 4.90 Å². The van der Waals surface area contributed by atoms with Crippen molar-refractivity contribution in [1.82, 2.24) is 4.90 Å². The molecule has 0 aromatic heterocycles. The van der Waals surface area contributed by atoms with Gasteiger partial charge in [-0.2, -0.15) is 0 Å². The Morgan fingerprint density at radius 2 is 2.24 bits per heavy atom. The molecule has 0 spiro atoms. The fourth-order valence-electron chi connectivity index (χ4n) is 2.64. The highest BCUT2D eigenvalue weighted by molar-refractivity contribution is 5.78. The molecule has 0 radical (unpaired) electrons. The fourth-order valence-corrected chi connectivity index (χ4v) is 2.64. The first-order valence-electron chi connectivity index (χ1n) is 6.20. The minimum Gasteiger partial charge on any atom is -0.335 e. The average Bonchev–Trinajstić information content (AvgIpc) is 2.80. The number of hydrogen-bond donors (Lipinski definition) is 1. The van der Waals surface area contributed by atoms with Crippen molar-refractivity contribution in [3.8, 4) is 0 Å². The summed E-state index contributed by atoms with van der Waals surface area (Å²) in [7, 11) is 0. The second-order valence-electron chi connectivity index (χ2n) is 4.74. The normalized spacial score (nSPS) is 19.7. The van der Waals surface area contributed by atoms with Gasteiger partial charge in [-0.25, -0.2) is 0 Å². The molecule has 2 rings (SSSR count). The van der Waals surface area contributed by atoms with Gasteiger partial charge in [0.05, 0.1) is 12.6 Å². The molecule has 0 bridgehead atoms. The fraction of sp³-hybridized carbons (Fsp3) is 0.500. The Bertz CT molecular complexity index is 428. The van der Waals surface area contributed by atoms with Gasteiger partial charge in [0.25, 0.3) is 0 Å². The van der Waals surface area contributed by atoms with Crippen LogP contribution in [0.4, 0.5) is 0 Å². The van der Waals surface area contributed by atoms with Crippen LogP contribution in [-0.2, 0) is 4.79 Å². The van der Waals surface area contributed by atoms with E-state index in [2.05, 4.69) is 32.0 Å². The first-order valence-corrected chi connectivity index (χ1v) is 6.20. The summed E-state index contributed by atoms with van der Waals surface area (Å²) in [6.07, 6.45) is 2.12. The van der Waals surface area contributed by atoms with Crippen molar-refractivity contribution < 1.29 is 4.79 Å². The van der Waals surface area contributed by atoms with E-state index < -0.39 is 0 Å². The van der Waals surface area contributed by atoms with E-state index in [-0.39, 0.29) is 18.5 Å². The van der Waals surface area contributed by atoms with Gasteiger partial charge in [-0.05, 0) is 43.4 Å². The lowest BCUT2D eigenvalue weighted by molar-refractivity contribution is -0.130. The maximum absolute atomic E-state index is 11.8. The number of benzene rings is 1. The van der Waals surface area contributed by atoms with Crippen molar-refractivity contribution in [3.63, 3.8) is 0 Å². The lowest BCUT2D eigenvalue weighted by Gasteiger charge is -2.26. The summed E-state index contributed by atoms with van der Waals surface area (Å²) in [6.45, 7) is 5.20. The summed E-state index contributed by atoms with van der Waals surface area (Å²) in [4.78, 5) is 13.7. The molecule has 1 aromatic carbocycles. The van der Waals surface area contributed by atoms with Crippen LogP contribution in [0.1, 0.15) is 35.6 Å². The zero-order valence-electron chi connectivity index (χ0n) is 10.6. The molecule has 1 heterocycles. The van der Waals surface area contributed by atoms with E-state index in [0.29, 0.717) is 0 Å². The van der Waals surface area contributed by atoms with Gasteiger partial charge in [0.1, 0.15) is 0 Å². The molecule has 1 saturated heterocycles. The summed E-state index contributed by atoms with van der Waals surface area (Å²) in [6, 6.07) is 6.55. The highest BCUT2D eigenvalue weighted by atomic mass is 16.2. The standard InChI is InChI=1S/C14H20N2O/c1-10-5-3-6-12(11(10)2)13-7-4-8-16(13)14(17)9-15/h3,5-6,13H,4,7-9,15H2,1-2H3/t13-/m1/s1. The zero-order chi connectivity index (χ0) is 12.4. The van der Waals surface area contributed by atoms with Gasteiger partial charge in [0, 0.05) is 6.54 Å². The van der Waals surface area contributed by atoms with Crippen molar-refractivity contribution in [2.45, 2.75) is 32.7 Å². The summed E-state index contributed by atoms with van der Waals surface area (Å²) in [5, 5.41) is 0. The highest BCUT2D eigenvalue weighted by Gasteiger charge is 2.29. The summed E-state index contributed by atoms with van der Waals surface area (Å²) in [5.41, 5.74) is 9.34. The predicted molar refractivity (Wildman–Crippen MR) is 68.7 cm³/mol. The first kappa shape index (κ1) is 12.1. The Morgan fingerprint density at radius 3 is 2.94 bits per heavy atom. The van der Waals surface area contributed by atoms with Crippen molar-refractivity contribution in [3.05, 3.63) is 34.9 Å². The van der Waals surface area contributed by atoms with Gasteiger partial charge in [-0.1, -0.05) is 18.2 Å². The predicted octanol–water partition coefficient (Wildman–Crippen LogP) is 1.93. The lowest BCUT2D eigenvalue weighted by Crippen LogP contribution is -2.35. The number of aryl methyl sites for hydroxylation is 1. The van der Waals surface area contributed by atoms with Crippen LogP contribution in [0.25, 0.3) is 0 Å². The third kappa shape index (κ3) is 2.20. The van der Waals surface area contributed by atoms with Crippen LogP contribution in [0.15, 0.2) is 18.2 Å². The molecule has 1 aliphatic heterocycles. The topological polar surface area (TPSA) is 46.3 Å². The molecule has 3 nitrogen and oxygen atoms in total. The van der Waals surface area contributed by atoms with Crippen LogP contribution >= 0.6 is 0 Å². The number of amides is 1. The Balaban J connectivity index is 2.32. The Hall–Kier alpha value is -1.35. The second-order valence-corrected chi connectivity index (χ2v) is 4.74. The molecule has 0 unspecified atom stereocenters. The van der Waals surface area contributed by atoms with E-state index in [1.54, 1.807) is 0 Å². The lowest BCUT2D eigenvalue weighted by atomic mass is 9.96. The number of hydrogen-bond acceptors (Lipinski definition) is 2. The second kappa shape index (κ2) is 4.88. The van der Waals surface area contributed by atoms with Gasteiger partial charge >= 0.3 is 0 Å². The van der Waals surface area contributed by atoms with Crippen LogP contribution in [0.2, 0.25) is 0 Å². The van der Waals surface area contributed by atoms with Crippen LogP contribution in [0.3, 0.4) is 0 Å². The summed E-state index contributed by atoms with van der Waals surface area (Å²) < 4.78 is 0. The van der Waals surface area contributed by atoms with Crippen molar-refractivity contribution in [2.24, 2.45) is 5.73 Å². The number of carbonyl (C=O) groups excluding carboxylic acids is 1. The maximum atomic E-state index is 11.8. The monoisotopic (exact) mass is 232 g/mol. The number of nitrogens with zero attached hydrogens (tertiary/aromatic N) is 1. The van der Waals surface area contributed by atoms with Crippen molar-refractivity contribution in [2.75, 3.05) is 13.1 Å². The van der Waals surface area contributed by atoms with Crippen molar-refractivity contribution >= 4 is 5.91 Å². The van der Waals surface area contributed by atoms with Gasteiger partial charge in [0.15, 0.2) is 0 Å². The van der Waals surface area contributed by atoms with Crippen LogP contribution in [-0.4, -0.2) is 23.9 Å². The SMILES string of the molecule is Cc1cccc([C@H]2CCCN2C(=O)CN)c1C. The Kier molecular flexibility index (Phi) is 3.48. The zero-order valence-corrected chi connectivity index (χ0v) is 10.6. The van der Waals surface area contributed by atoms with E-state index in [4.69, 9.17) is 5.73 Å². The number of likely N-dealkylation sites (tertiary alicyclic amines) is 1. The minimum absolute atomic E-state index is 0.0633. The van der Waals surface area contributed by atoms with Gasteiger partial charge in [-0.15, -0.1) is 0 Å². The number of carbonyl (C=O) groups is 1. The smallest absolute Gasteiger partial charge is 0.236 e. The molecule has 0 saturated carbocycles. The Morgan fingerprint density at radius 1 is 1.47 bits per heavy atom. The third-order valence-corrected chi connectivity index (χ3v) is 3.75. The maximum Gasteiger partial charge on any atom is 0.236 e. The molecule has 1 aromatic rings. The quantitative estimate of drug-likeness (QED) is 0.847. The molecule has 1 fully saturated rings. The van der Waals surface area contributed by atoms with Crippen LogP contribution in [0.5, 0.6) is 0 Å². The molecule has 1 atom stereocenters. The molecular formula is C14H20N2O. The van der Waals surface area contributed by atoms with E-state index in [1.165, 1.54) is 16.7 Å². The molecule has 0 aliphatic carbocycles. The highest BCUT2D eigenvalue weighted by Crippen LogP contribution is 2.34. The third-order valence-electron chi connectivity index (χ3n) is 3.75. The van der Waals surface area contributed by atoms with E-state index >= 15 is 0 Å². The van der Waals surface area contributed by atoms with Crippen molar-refractivity contribution in [1.29, 1.82) is 0 Å². The molecule has 17 heavy (non-hydrogen) atoms. The average molecular weight is 232 g/mol. The first-order chi connectivity index (χ1) is 8.15. The minimum atomic E-state index is 0.0633. The van der Waals surface area contributed by atoms with E-state index in [9.17, 15) is 4.79 Å². The van der Waals surface area contributed by atoms with Crippen LogP contribution < -0.4 is 5.73 Å². The van der Waals surface area contributed by atoms with Gasteiger partial charge < -0.3 is 10.6 Å². The Labute approximate surface area is 103 Å².